The van der Waals surface area contributed by atoms with E-state index < -0.39 is 43.1 Å². The molecular formula is C16H38O21. The first-order valence-electron chi connectivity index (χ1n) is 8.80. The molecule has 0 aromatic carbocycles. The Morgan fingerprint density at radius 2 is 0.270 bits per heavy atom. The molecule has 0 atom stereocenters. The van der Waals surface area contributed by atoms with E-state index in [4.69, 9.17) is 105 Å². The first-order chi connectivity index (χ1) is 16.4. The van der Waals surface area contributed by atoms with Crippen molar-refractivity contribution in [3.8, 4) is 0 Å². The molecule has 14 N–H and O–H groups in total. The minimum Gasteiger partial charge on any atom is -0.450 e. The van der Waals surface area contributed by atoms with Crippen LogP contribution in [0.4, 0.5) is 33.6 Å². The second-order valence-corrected chi connectivity index (χ2v) is 4.10. The summed E-state index contributed by atoms with van der Waals surface area (Å²) in [4.78, 5) is 59.9. The van der Waals surface area contributed by atoms with Crippen LogP contribution < -0.4 is 0 Å². The third kappa shape index (κ3) is 987. The zero-order valence-electron chi connectivity index (χ0n) is 20.7. The van der Waals surface area contributed by atoms with Gasteiger partial charge in [-0.05, 0) is 0 Å². The molecule has 0 saturated carbocycles. The number of carboxylic acid groups (broad SMARTS) is 14. The lowest BCUT2D eigenvalue weighted by molar-refractivity contribution is 0.135. The molecule has 0 spiro atoms. The summed E-state index contributed by atoms with van der Waals surface area (Å²) in [6.07, 6.45) is -9.08. The maximum atomic E-state index is 8.56. The van der Waals surface area contributed by atoms with Crippen molar-refractivity contribution in [2.45, 2.75) is 60.8 Å². The van der Waals surface area contributed by atoms with Gasteiger partial charge in [0.05, 0.1) is 0 Å². The minimum atomic E-state index is -1.83. The number of carbonyl (C=O) groups is 7. The van der Waals surface area contributed by atoms with Crippen molar-refractivity contribution in [1.29, 1.82) is 0 Å². The fourth-order valence-corrected chi connectivity index (χ4v) is 0. The van der Waals surface area contributed by atoms with Crippen LogP contribution in [0.1, 0.15) is 60.8 Å². The number of rotatable bonds is 0. The molecule has 0 aliphatic rings. The summed E-state index contributed by atoms with van der Waals surface area (Å²) < 4.78 is 0. The molecule has 0 aromatic heterocycles. The Balaban J connectivity index is -0.0000000274. The van der Waals surface area contributed by atoms with Crippen LogP contribution in [-0.2, 0) is 0 Å². The Kier molecular flexibility index (Phi) is 133. The molecule has 21 heteroatoms. The summed E-state index contributed by atoms with van der Waals surface area (Å²) in [7, 11) is 0. The number of hydrogen-bond donors (Lipinski definition) is 14. The van der Waals surface area contributed by atoms with Crippen molar-refractivity contribution in [3.05, 3.63) is 0 Å². The van der Waals surface area contributed by atoms with Gasteiger partial charge >= 0.3 is 43.1 Å². The third-order valence-corrected chi connectivity index (χ3v) is 0. The average molecular weight is 566 g/mol. The molecule has 0 heterocycles. The first kappa shape index (κ1) is 63.5. The highest BCUT2D eigenvalue weighted by molar-refractivity contribution is 5.54. The van der Waals surface area contributed by atoms with Gasteiger partial charge in [-0.25, -0.2) is 33.6 Å². The lowest BCUT2D eigenvalue weighted by atomic mass is 10.6. The summed E-state index contributed by atoms with van der Waals surface area (Å²) in [5.41, 5.74) is 0. The van der Waals surface area contributed by atoms with Gasteiger partial charge in [0.15, 0.2) is 0 Å². The molecule has 0 aliphatic carbocycles. The van der Waals surface area contributed by atoms with E-state index in [-0.39, 0.29) is 0 Å². The highest BCUT2D eigenvalue weighted by Gasteiger charge is 1.72. The Hall–Kier alpha value is -5.11. The Morgan fingerprint density at radius 3 is 0.270 bits per heavy atom. The molecule has 37 heavy (non-hydrogen) atoms. The molecule has 0 unspecified atom stereocenters. The van der Waals surface area contributed by atoms with Crippen LogP contribution >= 0.6 is 0 Å². The summed E-state index contributed by atoms with van der Waals surface area (Å²) in [5.74, 6) is 0. The monoisotopic (exact) mass is 566 g/mol. The van der Waals surface area contributed by atoms with Crippen LogP contribution in [-0.4, -0.2) is 115 Å². The Labute approximate surface area is 210 Å². The largest absolute Gasteiger partial charge is 0.503 e. The minimum absolute atomic E-state index is 1.25. The van der Waals surface area contributed by atoms with Gasteiger partial charge in [-0.3, -0.25) is 0 Å². The first-order valence-corrected chi connectivity index (χ1v) is 8.80. The van der Waals surface area contributed by atoms with Gasteiger partial charge in [0.1, 0.15) is 0 Å². The van der Waals surface area contributed by atoms with E-state index >= 15 is 0 Å². The summed E-state index contributed by atoms with van der Waals surface area (Å²) in [6, 6.07) is 0. The highest BCUT2D eigenvalue weighted by atomic mass is 16.6. The van der Waals surface area contributed by atoms with Crippen LogP contribution in [0.5, 0.6) is 0 Å². The lowest BCUT2D eigenvalue weighted by Crippen LogP contribution is -1.81. The van der Waals surface area contributed by atoms with Crippen molar-refractivity contribution in [1.82, 2.24) is 0 Å². The summed E-state index contributed by atoms with van der Waals surface area (Å²) in [6.45, 7) is 12.8. The van der Waals surface area contributed by atoms with Gasteiger partial charge < -0.3 is 71.5 Å². The van der Waals surface area contributed by atoms with E-state index in [1.807, 2.05) is 0 Å². The van der Waals surface area contributed by atoms with Crippen molar-refractivity contribution < 1.29 is 105 Å². The second kappa shape index (κ2) is 77.3. The van der Waals surface area contributed by atoms with E-state index in [9.17, 15) is 0 Å². The zero-order chi connectivity index (χ0) is 33.2. The lowest BCUT2D eigenvalue weighted by Gasteiger charge is -1.60. The molecular weight excluding hydrogens is 528 g/mol. The van der Waals surface area contributed by atoms with Crippen molar-refractivity contribution in [2.24, 2.45) is 0 Å². The quantitative estimate of drug-likeness (QED) is 0.164. The SMILES string of the molecule is CCC.CCC.CCC.O=C(O)O.O=C(O)O.O=C(O)O.O=C(O)O.O=C(O)O.O=C(O)O.O=C(O)O. The topological polar surface area (TPSA) is 403 Å². The molecule has 0 rings (SSSR count). The van der Waals surface area contributed by atoms with Crippen LogP contribution in [0.2, 0.25) is 0 Å². The van der Waals surface area contributed by atoms with E-state index in [0.29, 0.717) is 0 Å². The fraction of sp³-hybridized carbons (Fsp3) is 0.562. The molecule has 0 radical (unpaired) electrons. The maximum absolute atomic E-state index is 8.56. The molecule has 21 nitrogen and oxygen atoms in total. The molecule has 0 saturated heterocycles. The fourth-order valence-electron chi connectivity index (χ4n) is 0. The van der Waals surface area contributed by atoms with E-state index in [1.54, 1.807) is 0 Å². The standard InChI is InChI=1S/3C3H8.7CH2O3/c3*1-3-2;7*2-1(3)4/h3*3H2,1-2H3;7*(H2,2,3,4). The van der Waals surface area contributed by atoms with Crippen LogP contribution in [0.3, 0.4) is 0 Å². The van der Waals surface area contributed by atoms with Gasteiger partial charge in [-0.2, -0.15) is 0 Å². The second-order valence-electron chi connectivity index (χ2n) is 4.10. The third-order valence-electron chi connectivity index (χ3n) is 0. The van der Waals surface area contributed by atoms with Crippen molar-refractivity contribution in [3.63, 3.8) is 0 Å². The Morgan fingerprint density at radius 1 is 0.270 bits per heavy atom. The zero-order valence-corrected chi connectivity index (χ0v) is 20.7. The molecule has 0 amide bonds. The van der Waals surface area contributed by atoms with Gasteiger partial charge in [-0.1, -0.05) is 60.8 Å². The molecule has 0 fully saturated rings. The van der Waals surface area contributed by atoms with Crippen LogP contribution in [0.15, 0.2) is 0 Å². The predicted molar refractivity (Wildman–Crippen MR) is 122 cm³/mol. The van der Waals surface area contributed by atoms with Crippen molar-refractivity contribution >= 4 is 43.1 Å². The predicted octanol–water partition coefficient (Wildman–Crippen LogP) is 5.81. The molecule has 228 valence electrons. The van der Waals surface area contributed by atoms with Crippen LogP contribution in [0, 0.1) is 0 Å². The van der Waals surface area contributed by atoms with Crippen LogP contribution in [0.25, 0.3) is 0 Å². The normalized spacial score (nSPS) is 6.00. The van der Waals surface area contributed by atoms with E-state index in [0.717, 1.165) is 0 Å². The van der Waals surface area contributed by atoms with Gasteiger partial charge in [0.2, 0.25) is 0 Å². The Bertz CT molecular complexity index is 352. The maximum Gasteiger partial charge on any atom is 0.503 e. The van der Waals surface area contributed by atoms with Gasteiger partial charge in [0, 0.05) is 0 Å². The van der Waals surface area contributed by atoms with Gasteiger partial charge in [0.25, 0.3) is 0 Å². The summed E-state index contributed by atoms with van der Waals surface area (Å²) in [5, 5.41) is 97.6. The molecule has 0 aromatic rings. The van der Waals surface area contributed by atoms with Gasteiger partial charge in [-0.15, -0.1) is 0 Å². The highest BCUT2D eigenvalue weighted by Crippen LogP contribution is 1.57. The smallest absolute Gasteiger partial charge is 0.450 e. The average Bonchev–Trinajstić information content (AvgIpc) is 2.52. The van der Waals surface area contributed by atoms with E-state index in [1.165, 1.54) is 19.3 Å². The van der Waals surface area contributed by atoms with E-state index in [2.05, 4.69) is 41.5 Å². The number of hydrogen-bond acceptors (Lipinski definition) is 7. The molecule has 0 bridgehead atoms. The van der Waals surface area contributed by atoms with Crippen molar-refractivity contribution in [2.75, 3.05) is 0 Å². The summed E-state index contributed by atoms with van der Waals surface area (Å²) >= 11 is 0. The molecule has 0 aliphatic heterocycles.